The van der Waals surface area contributed by atoms with Gasteiger partial charge >= 0.3 is 0 Å². The zero-order chi connectivity index (χ0) is 17.9. The van der Waals surface area contributed by atoms with Crippen molar-refractivity contribution in [1.29, 1.82) is 10.5 Å². The lowest BCUT2D eigenvalue weighted by molar-refractivity contribution is -0.133. The van der Waals surface area contributed by atoms with Crippen molar-refractivity contribution < 1.29 is 9.59 Å². The van der Waals surface area contributed by atoms with Crippen molar-refractivity contribution in [3.63, 3.8) is 0 Å². The van der Waals surface area contributed by atoms with Gasteiger partial charge in [0.25, 0.3) is 0 Å². The van der Waals surface area contributed by atoms with Crippen LogP contribution in [-0.4, -0.2) is 59.9 Å². The summed E-state index contributed by atoms with van der Waals surface area (Å²) in [6.07, 6.45) is 0.460. The van der Waals surface area contributed by atoms with Crippen LogP contribution in [0.25, 0.3) is 0 Å². The first-order chi connectivity index (χ1) is 10.7. The Hall–Kier alpha value is -2.12. The molecule has 7 heteroatoms. The lowest BCUT2D eigenvalue weighted by Gasteiger charge is -2.27. The third-order valence-electron chi connectivity index (χ3n) is 3.03. The number of likely N-dealkylation sites (N-methyl/N-ethyl adjacent to an activating group) is 1. The molecular formula is C16H27N5O2. The van der Waals surface area contributed by atoms with E-state index in [2.05, 4.69) is 5.32 Å². The molecule has 0 fully saturated rings. The summed E-state index contributed by atoms with van der Waals surface area (Å²) in [7, 11) is 0. The van der Waals surface area contributed by atoms with Crippen molar-refractivity contribution in [1.82, 2.24) is 15.1 Å². The number of amides is 2. The topological polar surface area (TPSA) is 100 Å². The zero-order valence-electron chi connectivity index (χ0n) is 14.6. The highest BCUT2D eigenvalue weighted by molar-refractivity contribution is 5.81. The molecule has 128 valence electrons. The van der Waals surface area contributed by atoms with Crippen LogP contribution in [0, 0.1) is 22.7 Å². The number of carbonyl (C=O) groups excluding carboxylic acids is 2. The van der Waals surface area contributed by atoms with E-state index in [0.717, 1.165) is 0 Å². The summed E-state index contributed by atoms with van der Waals surface area (Å²) in [6, 6.07) is 4.00. The average Bonchev–Trinajstić information content (AvgIpc) is 2.44. The molecule has 0 unspecified atom stereocenters. The zero-order valence-corrected chi connectivity index (χ0v) is 14.6. The van der Waals surface area contributed by atoms with Crippen LogP contribution in [0.4, 0.5) is 0 Å². The van der Waals surface area contributed by atoms with Crippen LogP contribution < -0.4 is 5.32 Å². The second-order valence-corrected chi connectivity index (χ2v) is 6.30. The van der Waals surface area contributed by atoms with Gasteiger partial charge in [0.2, 0.25) is 11.8 Å². The minimum absolute atomic E-state index is 0.102. The van der Waals surface area contributed by atoms with E-state index >= 15 is 0 Å². The van der Waals surface area contributed by atoms with E-state index in [4.69, 9.17) is 10.5 Å². The fraction of sp³-hybridized carbons (Fsp3) is 0.750. The van der Waals surface area contributed by atoms with E-state index in [0.29, 0.717) is 19.6 Å². The Morgan fingerprint density at radius 2 is 1.57 bits per heavy atom. The number of carbonyl (C=O) groups is 2. The van der Waals surface area contributed by atoms with Crippen LogP contribution in [0.3, 0.4) is 0 Å². The van der Waals surface area contributed by atoms with Crippen LogP contribution >= 0.6 is 0 Å². The molecule has 1 N–H and O–H groups in total. The largest absolute Gasteiger partial charge is 0.350 e. The van der Waals surface area contributed by atoms with E-state index in [9.17, 15) is 9.59 Å². The molecule has 0 aliphatic carbocycles. The lowest BCUT2D eigenvalue weighted by Crippen LogP contribution is -2.48. The Labute approximate surface area is 138 Å². The molecule has 0 aromatic carbocycles. The van der Waals surface area contributed by atoms with E-state index in [1.807, 2.05) is 39.8 Å². The smallest absolute Gasteiger partial charge is 0.236 e. The SMILES string of the molecule is CCN(CC(=O)NC(C)(C)C)CC(=O)N(CCC#N)CCC#N. The molecule has 0 rings (SSSR count). The second-order valence-electron chi connectivity index (χ2n) is 6.30. The maximum atomic E-state index is 12.3. The van der Waals surface area contributed by atoms with Crippen LogP contribution in [0.15, 0.2) is 0 Å². The van der Waals surface area contributed by atoms with E-state index in [-0.39, 0.29) is 43.3 Å². The maximum Gasteiger partial charge on any atom is 0.236 e. The van der Waals surface area contributed by atoms with Crippen LogP contribution in [0.5, 0.6) is 0 Å². The lowest BCUT2D eigenvalue weighted by atomic mass is 10.1. The van der Waals surface area contributed by atoms with Gasteiger partial charge in [-0.25, -0.2) is 0 Å². The van der Waals surface area contributed by atoms with Crippen molar-refractivity contribution in [2.24, 2.45) is 0 Å². The summed E-state index contributed by atoms with van der Waals surface area (Å²) in [4.78, 5) is 27.5. The van der Waals surface area contributed by atoms with Crippen molar-refractivity contribution in [2.45, 2.75) is 46.1 Å². The Morgan fingerprint density at radius 3 is 1.96 bits per heavy atom. The van der Waals surface area contributed by atoms with Crippen molar-refractivity contribution >= 4 is 11.8 Å². The first-order valence-electron chi connectivity index (χ1n) is 7.78. The summed E-state index contributed by atoms with van der Waals surface area (Å²) in [5, 5.41) is 20.2. The second kappa shape index (κ2) is 10.6. The van der Waals surface area contributed by atoms with Gasteiger partial charge in [-0.05, 0) is 27.3 Å². The average molecular weight is 321 g/mol. The van der Waals surface area contributed by atoms with Gasteiger partial charge in [0.1, 0.15) is 0 Å². The number of hydrogen-bond donors (Lipinski definition) is 1. The quantitative estimate of drug-likeness (QED) is 0.679. The predicted molar refractivity (Wildman–Crippen MR) is 87.0 cm³/mol. The Bertz CT molecular complexity index is 452. The first-order valence-corrected chi connectivity index (χ1v) is 7.78. The molecular weight excluding hydrogens is 294 g/mol. The van der Waals surface area contributed by atoms with E-state index in [1.54, 1.807) is 4.90 Å². The molecule has 23 heavy (non-hydrogen) atoms. The summed E-state index contributed by atoms with van der Waals surface area (Å²) < 4.78 is 0. The van der Waals surface area contributed by atoms with Gasteiger partial charge in [0, 0.05) is 18.6 Å². The fourth-order valence-electron chi connectivity index (χ4n) is 1.96. The van der Waals surface area contributed by atoms with Gasteiger partial charge in [0.05, 0.1) is 38.1 Å². The molecule has 0 saturated heterocycles. The molecule has 0 heterocycles. The van der Waals surface area contributed by atoms with Crippen LogP contribution in [-0.2, 0) is 9.59 Å². The molecule has 0 spiro atoms. The van der Waals surface area contributed by atoms with Crippen molar-refractivity contribution in [3.05, 3.63) is 0 Å². The van der Waals surface area contributed by atoms with Crippen molar-refractivity contribution in [3.8, 4) is 12.1 Å². The number of hydrogen-bond acceptors (Lipinski definition) is 5. The van der Waals surface area contributed by atoms with Gasteiger partial charge < -0.3 is 10.2 Å². The Kier molecular flexibility index (Phi) is 9.60. The fourth-order valence-corrected chi connectivity index (χ4v) is 1.96. The standard InChI is InChI=1S/C16H27N5O2/c1-5-20(12-14(22)19-16(2,3)4)13-15(23)21(10-6-8-17)11-7-9-18/h5-7,10-13H2,1-4H3,(H,19,22). The van der Waals surface area contributed by atoms with Gasteiger partial charge in [0.15, 0.2) is 0 Å². The highest BCUT2D eigenvalue weighted by Gasteiger charge is 2.20. The van der Waals surface area contributed by atoms with E-state index in [1.165, 1.54) is 4.90 Å². The molecule has 0 bridgehead atoms. The molecule has 0 radical (unpaired) electrons. The minimum atomic E-state index is -0.313. The third kappa shape index (κ3) is 10.3. The van der Waals surface area contributed by atoms with Gasteiger partial charge in [-0.1, -0.05) is 6.92 Å². The number of nitrogens with zero attached hydrogens (tertiary/aromatic N) is 4. The van der Waals surface area contributed by atoms with Gasteiger partial charge in [-0.3, -0.25) is 14.5 Å². The van der Waals surface area contributed by atoms with Crippen LogP contribution in [0.2, 0.25) is 0 Å². The Morgan fingerprint density at radius 1 is 1.04 bits per heavy atom. The molecule has 0 atom stereocenters. The summed E-state index contributed by atoms with van der Waals surface area (Å²) in [6.45, 7) is 9.01. The maximum absolute atomic E-state index is 12.3. The van der Waals surface area contributed by atoms with Gasteiger partial charge in [-0.2, -0.15) is 10.5 Å². The highest BCUT2D eigenvalue weighted by Crippen LogP contribution is 2.01. The first kappa shape index (κ1) is 20.9. The number of nitriles is 2. The number of nitrogens with one attached hydrogen (secondary N) is 1. The summed E-state index contributed by atoms with van der Waals surface area (Å²) in [5.41, 5.74) is -0.313. The molecule has 0 aromatic heterocycles. The summed E-state index contributed by atoms with van der Waals surface area (Å²) in [5.74, 6) is -0.298. The van der Waals surface area contributed by atoms with Gasteiger partial charge in [-0.15, -0.1) is 0 Å². The highest BCUT2D eigenvalue weighted by atomic mass is 16.2. The molecule has 0 aromatic rings. The predicted octanol–water partition coefficient (Wildman–Crippen LogP) is 0.879. The molecule has 0 aliphatic rings. The van der Waals surface area contributed by atoms with Crippen LogP contribution in [0.1, 0.15) is 40.5 Å². The molecule has 7 nitrogen and oxygen atoms in total. The third-order valence-corrected chi connectivity index (χ3v) is 3.03. The molecule has 0 saturated carbocycles. The molecule has 2 amide bonds. The number of rotatable bonds is 9. The summed E-state index contributed by atoms with van der Waals surface area (Å²) >= 11 is 0. The van der Waals surface area contributed by atoms with Crippen molar-refractivity contribution in [2.75, 3.05) is 32.7 Å². The normalized spacial score (nSPS) is 10.7. The minimum Gasteiger partial charge on any atom is -0.350 e. The van der Waals surface area contributed by atoms with E-state index < -0.39 is 0 Å². The molecule has 0 aliphatic heterocycles. The Balaban J connectivity index is 4.62. The monoisotopic (exact) mass is 321 g/mol.